The molecule has 1 aliphatic heterocycles. The van der Waals surface area contributed by atoms with Gasteiger partial charge in [-0.05, 0) is 138 Å². The van der Waals surface area contributed by atoms with Crippen LogP contribution in [-0.2, 0) is 10.8 Å². The zero-order valence-corrected chi connectivity index (χ0v) is 40.5. The summed E-state index contributed by atoms with van der Waals surface area (Å²) in [6, 6.07) is 104. The monoisotopic (exact) mass is 938 g/mol. The molecule has 13 aromatic rings. The summed E-state index contributed by atoms with van der Waals surface area (Å²) < 4.78 is 2.52. The second kappa shape index (κ2) is 15.5. The Morgan fingerprint density at radius 2 is 0.865 bits per heavy atom. The van der Waals surface area contributed by atoms with Crippen molar-refractivity contribution in [1.82, 2.24) is 4.57 Å². The molecule has 2 aliphatic carbocycles. The Hall–Kier alpha value is -9.50. The highest BCUT2D eigenvalue weighted by molar-refractivity contribution is 6.13. The van der Waals surface area contributed by atoms with Crippen LogP contribution in [0.25, 0.3) is 71.6 Å². The highest BCUT2D eigenvalue weighted by Crippen LogP contribution is 2.62. The van der Waals surface area contributed by atoms with Crippen LogP contribution in [0.3, 0.4) is 0 Å². The summed E-state index contributed by atoms with van der Waals surface area (Å²) in [5.41, 5.74) is 24.1. The molecule has 0 fully saturated rings. The maximum absolute atomic E-state index is 2.52. The van der Waals surface area contributed by atoms with E-state index in [9.17, 15) is 0 Å². The minimum absolute atomic E-state index is 0.500. The highest BCUT2D eigenvalue weighted by Gasteiger charge is 2.51. The molecule has 2 heteroatoms. The number of hydrogen-bond donors (Lipinski definition) is 0. The van der Waals surface area contributed by atoms with Crippen LogP contribution in [0.4, 0.5) is 17.1 Å². The van der Waals surface area contributed by atoms with Crippen LogP contribution >= 0.6 is 0 Å². The Bertz CT molecular complexity index is 4390. The third kappa shape index (κ3) is 5.39. The average Bonchev–Trinajstić information content (AvgIpc) is 4.26. The van der Waals surface area contributed by atoms with Crippen molar-refractivity contribution in [3.8, 4) is 39.1 Å². The summed E-state index contributed by atoms with van der Waals surface area (Å²) in [6.45, 7) is 0. The Morgan fingerprint density at radius 3 is 1.66 bits per heavy atom. The van der Waals surface area contributed by atoms with Crippen molar-refractivity contribution in [3.05, 3.63) is 324 Å². The Morgan fingerprint density at radius 1 is 0.311 bits per heavy atom. The van der Waals surface area contributed by atoms with Crippen molar-refractivity contribution >= 4 is 49.6 Å². The molecule has 1 aromatic heterocycles. The van der Waals surface area contributed by atoms with Crippen molar-refractivity contribution in [2.45, 2.75) is 10.8 Å². The Kier molecular flexibility index (Phi) is 8.62. The van der Waals surface area contributed by atoms with Crippen molar-refractivity contribution in [3.63, 3.8) is 0 Å². The molecule has 344 valence electrons. The van der Waals surface area contributed by atoms with Gasteiger partial charge in [-0.3, -0.25) is 0 Å². The van der Waals surface area contributed by atoms with E-state index < -0.39 is 10.8 Å². The summed E-state index contributed by atoms with van der Waals surface area (Å²) in [5.74, 6) is 0. The first-order valence-electron chi connectivity index (χ1n) is 25.8. The molecule has 12 aromatic carbocycles. The number of hydrogen-bond acceptors (Lipinski definition) is 1. The predicted molar refractivity (Wildman–Crippen MR) is 307 cm³/mol. The molecule has 0 saturated carbocycles. The quantitative estimate of drug-likeness (QED) is 0.161. The normalized spacial score (nSPS) is 15.2. The van der Waals surface area contributed by atoms with Gasteiger partial charge in [-0.25, -0.2) is 0 Å². The van der Waals surface area contributed by atoms with Crippen LogP contribution in [-0.4, -0.2) is 4.57 Å². The molecule has 0 saturated heterocycles. The van der Waals surface area contributed by atoms with E-state index >= 15 is 0 Å². The second-order valence-electron chi connectivity index (χ2n) is 20.3. The van der Waals surface area contributed by atoms with Gasteiger partial charge >= 0.3 is 0 Å². The summed E-state index contributed by atoms with van der Waals surface area (Å²) in [5, 5.41) is 4.97. The number of para-hydroxylation sites is 4. The SMILES string of the molecule is c1ccc(N(c2ccc3cc(-c4ccc5c(c4)C4(c6ccccc6-5)c5ccccc5-n5c6ccccc6c6cccc4c65)ccc3c2)c2cccc3c2-c2ccccc2C3(c2ccccc2)c2ccccc2)cc1. The number of nitrogens with zero attached hydrogens (tertiary/aromatic N) is 2. The third-order valence-corrected chi connectivity index (χ3v) is 16.8. The van der Waals surface area contributed by atoms with Gasteiger partial charge in [-0.1, -0.05) is 224 Å². The lowest BCUT2D eigenvalue weighted by Crippen LogP contribution is -2.33. The molecule has 74 heavy (non-hydrogen) atoms. The van der Waals surface area contributed by atoms with Gasteiger partial charge in [0.1, 0.15) is 0 Å². The van der Waals surface area contributed by atoms with E-state index in [2.05, 4.69) is 289 Å². The lowest BCUT2D eigenvalue weighted by molar-refractivity contribution is 0.749. The molecule has 0 radical (unpaired) electrons. The fourth-order valence-corrected chi connectivity index (χ4v) is 14.0. The maximum Gasteiger partial charge on any atom is 0.0754 e. The van der Waals surface area contributed by atoms with Gasteiger partial charge in [-0.2, -0.15) is 0 Å². The van der Waals surface area contributed by atoms with Gasteiger partial charge < -0.3 is 9.47 Å². The molecule has 2 nitrogen and oxygen atoms in total. The lowest BCUT2D eigenvalue weighted by Gasteiger charge is -2.39. The first-order chi connectivity index (χ1) is 36.7. The van der Waals surface area contributed by atoms with Crippen molar-refractivity contribution in [1.29, 1.82) is 0 Å². The van der Waals surface area contributed by atoms with Gasteiger partial charge in [0.05, 0.1) is 33.2 Å². The lowest BCUT2D eigenvalue weighted by atomic mass is 9.65. The van der Waals surface area contributed by atoms with E-state index in [1.807, 2.05) is 0 Å². The summed E-state index contributed by atoms with van der Waals surface area (Å²) in [7, 11) is 0. The summed E-state index contributed by atoms with van der Waals surface area (Å²) in [6.07, 6.45) is 0. The van der Waals surface area contributed by atoms with Crippen LogP contribution in [0.5, 0.6) is 0 Å². The van der Waals surface area contributed by atoms with Gasteiger partial charge in [0.25, 0.3) is 0 Å². The zero-order chi connectivity index (χ0) is 48.5. The molecule has 0 bridgehead atoms. The van der Waals surface area contributed by atoms with E-state index in [1.165, 1.54) is 116 Å². The van der Waals surface area contributed by atoms with Gasteiger partial charge in [-0.15, -0.1) is 0 Å². The van der Waals surface area contributed by atoms with Crippen LogP contribution in [0.15, 0.2) is 279 Å². The van der Waals surface area contributed by atoms with Crippen molar-refractivity contribution < 1.29 is 0 Å². The van der Waals surface area contributed by atoms with E-state index in [0.717, 1.165) is 17.1 Å². The number of anilines is 3. The highest BCUT2D eigenvalue weighted by atomic mass is 15.1. The van der Waals surface area contributed by atoms with Crippen LogP contribution in [0.1, 0.15) is 44.5 Å². The first kappa shape index (κ1) is 41.2. The fraction of sp³-hybridized carbons (Fsp3) is 0.0278. The van der Waals surface area contributed by atoms with Crippen LogP contribution in [0.2, 0.25) is 0 Å². The number of fused-ring (bicyclic) bond motifs is 16. The third-order valence-electron chi connectivity index (χ3n) is 16.8. The topological polar surface area (TPSA) is 8.17 Å². The summed E-state index contributed by atoms with van der Waals surface area (Å²) in [4.78, 5) is 2.47. The van der Waals surface area contributed by atoms with Gasteiger partial charge in [0, 0.05) is 27.7 Å². The largest absolute Gasteiger partial charge is 0.310 e. The molecular weight excluding hydrogens is 893 g/mol. The van der Waals surface area contributed by atoms with Crippen LogP contribution < -0.4 is 4.90 Å². The van der Waals surface area contributed by atoms with E-state index in [1.54, 1.807) is 0 Å². The molecule has 3 aliphatic rings. The molecule has 1 spiro atoms. The summed E-state index contributed by atoms with van der Waals surface area (Å²) >= 11 is 0. The number of benzene rings is 12. The van der Waals surface area contributed by atoms with Gasteiger partial charge in [0.15, 0.2) is 0 Å². The maximum atomic E-state index is 2.52. The molecule has 1 unspecified atom stereocenters. The van der Waals surface area contributed by atoms with Crippen molar-refractivity contribution in [2.75, 3.05) is 4.90 Å². The molecule has 16 rings (SSSR count). The zero-order valence-electron chi connectivity index (χ0n) is 40.5. The minimum atomic E-state index is -0.505. The Balaban J connectivity index is 0.860. The molecule has 2 heterocycles. The smallest absolute Gasteiger partial charge is 0.0754 e. The standard InChI is InChI=1S/C72H46N2/c1-4-20-51(21-5-1)71(52-22-6-2-7-23-52)61-31-14-11-28-59(61)69-63(71)33-19-37-68(69)73(53-24-8-3-9-25-53)54-42-40-48-44-47(38-39-49(48)45-54)50-41-43-56-55-26-10-13-30-60(55)72(65(56)46-50)62-32-15-17-36-67(62)74-66-35-16-12-27-57(66)58-29-18-34-64(72)70(58)74/h1-46H. The first-order valence-corrected chi connectivity index (χ1v) is 25.8. The molecule has 1 atom stereocenters. The van der Waals surface area contributed by atoms with Crippen molar-refractivity contribution in [2.24, 2.45) is 0 Å². The number of aromatic nitrogens is 1. The minimum Gasteiger partial charge on any atom is -0.310 e. The van der Waals surface area contributed by atoms with E-state index in [-0.39, 0.29) is 0 Å². The Labute approximate surface area is 430 Å². The molecular formula is C72H46N2. The fourth-order valence-electron chi connectivity index (χ4n) is 14.0. The molecule has 0 N–H and O–H groups in total. The van der Waals surface area contributed by atoms with Gasteiger partial charge in [0.2, 0.25) is 0 Å². The molecule has 0 amide bonds. The van der Waals surface area contributed by atoms with E-state index in [4.69, 9.17) is 0 Å². The number of rotatable bonds is 6. The average molecular weight is 939 g/mol. The second-order valence-corrected chi connectivity index (χ2v) is 20.3. The van der Waals surface area contributed by atoms with Crippen LogP contribution in [0, 0.1) is 0 Å². The van der Waals surface area contributed by atoms with E-state index in [0.29, 0.717) is 0 Å². The predicted octanol–water partition coefficient (Wildman–Crippen LogP) is 18.1.